The first kappa shape index (κ1) is 26.8. The molecule has 4 N–H and O–H groups in total. The minimum Gasteiger partial charge on any atom is -0.474 e. The number of nitrogens with one attached hydrogen (secondary N) is 1. The van der Waals surface area contributed by atoms with Crippen LogP contribution >= 0.6 is 0 Å². The number of alkyl halides is 3. The number of aliphatic carboxylic acids is 1. The van der Waals surface area contributed by atoms with E-state index in [1.165, 1.54) is 24.3 Å². The summed E-state index contributed by atoms with van der Waals surface area (Å²) in [6.45, 7) is -0.696. The number of aromatic amines is 1. The SMILES string of the molecule is NCC(=O)CN(C[C@@H]1CN(c2ccc3cc(-c4ccccc4C(F)(F)F)[nH]c(=O)c3c2)CO1)C(=O)C(=O)O. The van der Waals surface area contributed by atoms with Gasteiger partial charge in [0, 0.05) is 35.4 Å². The van der Waals surface area contributed by atoms with Crippen molar-refractivity contribution >= 4 is 34.1 Å². The van der Waals surface area contributed by atoms with E-state index in [0.29, 0.717) is 11.1 Å². The van der Waals surface area contributed by atoms with E-state index in [1.54, 1.807) is 23.1 Å². The Morgan fingerprint density at radius 2 is 1.89 bits per heavy atom. The molecule has 2 heterocycles. The lowest BCUT2D eigenvalue weighted by Crippen LogP contribution is -2.46. The molecule has 4 rings (SSSR count). The minimum absolute atomic E-state index is 0.0305. The van der Waals surface area contributed by atoms with Gasteiger partial charge in [0.05, 0.1) is 24.8 Å². The zero-order chi connectivity index (χ0) is 27.6. The van der Waals surface area contributed by atoms with Crippen LogP contribution < -0.4 is 16.2 Å². The Morgan fingerprint density at radius 1 is 1.16 bits per heavy atom. The van der Waals surface area contributed by atoms with Crippen molar-refractivity contribution in [1.82, 2.24) is 9.88 Å². The number of hydrogen-bond acceptors (Lipinski definition) is 7. The maximum Gasteiger partial charge on any atom is 0.417 e. The first-order valence-corrected chi connectivity index (χ1v) is 11.4. The normalized spacial score (nSPS) is 15.6. The number of amides is 1. The van der Waals surface area contributed by atoms with Crippen molar-refractivity contribution < 1.29 is 37.4 Å². The van der Waals surface area contributed by atoms with E-state index >= 15 is 0 Å². The van der Waals surface area contributed by atoms with E-state index in [1.807, 2.05) is 0 Å². The van der Waals surface area contributed by atoms with Crippen LogP contribution in [-0.4, -0.2) is 71.7 Å². The molecule has 1 aliphatic rings. The first-order chi connectivity index (χ1) is 18.0. The summed E-state index contributed by atoms with van der Waals surface area (Å²) >= 11 is 0. The molecule has 3 aromatic rings. The number of ether oxygens (including phenoxy) is 1. The monoisotopic (exact) mass is 532 g/mol. The van der Waals surface area contributed by atoms with Crippen LogP contribution in [0.3, 0.4) is 0 Å². The number of carbonyl (C=O) groups excluding carboxylic acids is 2. The quantitative estimate of drug-likeness (QED) is 0.391. The zero-order valence-corrected chi connectivity index (χ0v) is 19.8. The second-order valence-electron chi connectivity index (χ2n) is 8.70. The van der Waals surface area contributed by atoms with Gasteiger partial charge in [-0.2, -0.15) is 13.2 Å². The van der Waals surface area contributed by atoms with Crippen LogP contribution in [0.4, 0.5) is 18.9 Å². The number of carbonyl (C=O) groups is 3. The first-order valence-electron chi connectivity index (χ1n) is 11.4. The lowest BCUT2D eigenvalue weighted by atomic mass is 10.0. The standard InChI is InChI=1S/C25H23F3N4O6/c26-25(27,28)20-4-2-1-3-18(20)21-7-14-5-6-15(8-19(14)22(34)30-21)32-12-17(38-13-32)11-31(10-16(33)9-29)23(35)24(36)37/h1-8,17H,9-13,29H2,(H,30,34)(H,36,37)/t17-/m1/s1. The lowest BCUT2D eigenvalue weighted by molar-refractivity contribution is -0.157. The Kier molecular flexibility index (Phi) is 7.51. The molecule has 0 aliphatic carbocycles. The largest absolute Gasteiger partial charge is 0.474 e. The van der Waals surface area contributed by atoms with Gasteiger partial charge in [-0.15, -0.1) is 0 Å². The highest BCUT2D eigenvalue weighted by atomic mass is 19.4. The number of rotatable bonds is 7. The molecule has 38 heavy (non-hydrogen) atoms. The number of nitrogens with two attached hydrogens (primary N) is 1. The molecule has 1 amide bonds. The van der Waals surface area contributed by atoms with Crippen molar-refractivity contribution in [2.45, 2.75) is 12.3 Å². The van der Waals surface area contributed by atoms with Crippen molar-refractivity contribution in [1.29, 1.82) is 0 Å². The second-order valence-corrected chi connectivity index (χ2v) is 8.70. The van der Waals surface area contributed by atoms with Gasteiger partial charge < -0.3 is 30.4 Å². The summed E-state index contributed by atoms with van der Waals surface area (Å²) in [6, 6.07) is 11.3. The van der Waals surface area contributed by atoms with E-state index in [9.17, 15) is 32.3 Å². The highest BCUT2D eigenvalue weighted by molar-refractivity contribution is 6.31. The van der Waals surface area contributed by atoms with Crippen molar-refractivity contribution in [3.63, 3.8) is 0 Å². The van der Waals surface area contributed by atoms with Crippen LogP contribution in [0.25, 0.3) is 22.0 Å². The van der Waals surface area contributed by atoms with Gasteiger partial charge in [0.25, 0.3) is 5.56 Å². The van der Waals surface area contributed by atoms with Crippen LogP contribution in [0.2, 0.25) is 0 Å². The molecule has 0 bridgehead atoms. The van der Waals surface area contributed by atoms with Crippen LogP contribution in [0.15, 0.2) is 53.3 Å². The molecule has 13 heteroatoms. The van der Waals surface area contributed by atoms with Crippen molar-refractivity contribution in [2.24, 2.45) is 5.73 Å². The summed E-state index contributed by atoms with van der Waals surface area (Å²) in [7, 11) is 0. The van der Waals surface area contributed by atoms with Crippen LogP contribution in [0.1, 0.15) is 5.56 Å². The predicted octanol–water partition coefficient (Wildman–Crippen LogP) is 1.82. The smallest absolute Gasteiger partial charge is 0.417 e. The lowest BCUT2D eigenvalue weighted by Gasteiger charge is -2.23. The zero-order valence-electron chi connectivity index (χ0n) is 19.8. The number of pyridine rings is 1. The molecule has 0 saturated carbocycles. The molecule has 0 radical (unpaired) electrons. The summed E-state index contributed by atoms with van der Waals surface area (Å²) in [4.78, 5) is 52.8. The fraction of sp³-hybridized carbons (Fsp3) is 0.280. The number of carboxylic acids is 1. The summed E-state index contributed by atoms with van der Waals surface area (Å²) in [5.41, 5.74) is 4.29. The molecule has 2 aromatic carbocycles. The topological polar surface area (TPSA) is 146 Å². The second kappa shape index (κ2) is 10.6. The average molecular weight is 532 g/mol. The van der Waals surface area contributed by atoms with Crippen LogP contribution in [-0.2, 0) is 25.3 Å². The van der Waals surface area contributed by atoms with E-state index < -0.39 is 47.6 Å². The number of carboxylic acid groups (broad SMARTS) is 1. The molecule has 1 saturated heterocycles. The fourth-order valence-corrected chi connectivity index (χ4v) is 4.27. The molecule has 0 spiro atoms. The number of halogens is 3. The summed E-state index contributed by atoms with van der Waals surface area (Å²) in [5, 5.41) is 9.72. The molecule has 1 fully saturated rings. The number of ketones is 1. The third-order valence-corrected chi connectivity index (χ3v) is 6.10. The number of benzene rings is 2. The van der Waals surface area contributed by atoms with Gasteiger partial charge in [-0.05, 0) is 29.7 Å². The Morgan fingerprint density at radius 3 is 2.58 bits per heavy atom. The van der Waals surface area contributed by atoms with Crippen LogP contribution in [0.5, 0.6) is 0 Å². The van der Waals surface area contributed by atoms with Crippen molar-refractivity contribution in [3.8, 4) is 11.3 Å². The van der Waals surface area contributed by atoms with E-state index in [4.69, 9.17) is 15.6 Å². The molecule has 1 atom stereocenters. The highest BCUT2D eigenvalue weighted by Gasteiger charge is 2.34. The van der Waals surface area contributed by atoms with Gasteiger partial charge in [0.15, 0.2) is 5.78 Å². The number of fused-ring (bicyclic) bond motifs is 1. The van der Waals surface area contributed by atoms with Crippen molar-refractivity contribution in [2.75, 3.05) is 37.8 Å². The average Bonchev–Trinajstić information content (AvgIpc) is 3.35. The molecule has 0 unspecified atom stereocenters. The Bertz CT molecular complexity index is 1460. The van der Waals surface area contributed by atoms with E-state index in [0.717, 1.165) is 11.0 Å². The minimum atomic E-state index is -4.60. The summed E-state index contributed by atoms with van der Waals surface area (Å²) in [5.74, 6) is -3.48. The van der Waals surface area contributed by atoms with E-state index in [-0.39, 0.29) is 43.0 Å². The summed E-state index contributed by atoms with van der Waals surface area (Å²) in [6.07, 6.45) is -5.22. The van der Waals surface area contributed by atoms with Gasteiger partial charge in [-0.25, -0.2) is 4.79 Å². The molecule has 1 aliphatic heterocycles. The fourth-order valence-electron chi connectivity index (χ4n) is 4.27. The number of anilines is 1. The third kappa shape index (κ3) is 5.68. The Balaban J connectivity index is 1.56. The molecule has 200 valence electrons. The van der Waals surface area contributed by atoms with Gasteiger partial charge in [-0.3, -0.25) is 14.4 Å². The number of hydrogen-bond donors (Lipinski definition) is 3. The van der Waals surface area contributed by atoms with Crippen molar-refractivity contribution in [3.05, 3.63) is 64.4 Å². The number of Topliss-reactive ketones (excluding diaryl/α,β-unsaturated/α-hetero) is 1. The maximum atomic E-state index is 13.5. The van der Waals surface area contributed by atoms with Gasteiger partial charge in [0.1, 0.15) is 6.73 Å². The van der Waals surface area contributed by atoms with Gasteiger partial charge >= 0.3 is 18.1 Å². The number of H-pyrrole nitrogens is 1. The Labute approximate surface area is 213 Å². The van der Waals surface area contributed by atoms with Gasteiger partial charge in [0.2, 0.25) is 0 Å². The number of nitrogens with zero attached hydrogens (tertiary/aromatic N) is 2. The predicted molar refractivity (Wildman–Crippen MR) is 130 cm³/mol. The Hall–Kier alpha value is -4.23. The molecular formula is C25H23F3N4O6. The molecule has 10 nitrogen and oxygen atoms in total. The van der Waals surface area contributed by atoms with E-state index in [2.05, 4.69) is 4.98 Å². The molecular weight excluding hydrogens is 509 g/mol. The van der Waals surface area contributed by atoms with Crippen LogP contribution in [0, 0.1) is 0 Å². The number of aromatic nitrogens is 1. The maximum absolute atomic E-state index is 13.5. The molecule has 1 aromatic heterocycles. The highest BCUT2D eigenvalue weighted by Crippen LogP contribution is 2.36. The van der Waals surface area contributed by atoms with Gasteiger partial charge in [-0.1, -0.05) is 24.3 Å². The third-order valence-electron chi connectivity index (χ3n) is 6.10. The summed E-state index contributed by atoms with van der Waals surface area (Å²) < 4.78 is 46.1.